The van der Waals surface area contributed by atoms with Crippen LogP contribution in [0.25, 0.3) is 6.08 Å². The number of carbonyl (C=O) groups is 1. The molecule has 3 aromatic carbocycles. The molecule has 0 bridgehead atoms. The Balaban J connectivity index is 1.57. The first-order valence-electron chi connectivity index (χ1n) is 9.25. The van der Waals surface area contributed by atoms with Crippen molar-refractivity contribution in [3.63, 3.8) is 0 Å². The number of rotatable bonds is 5. The molecular formula is C24H18Cl2O4. The number of benzene rings is 3. The molecule has 0 fully saturated rings. The van der Waals surface area contributed by atoms with Gasteiger partial charge in [0.15, 0.2) is 5.76 Å². The lowest BCUT2D eigenvalue weighted by Crippen LogP contribution is -1.99. The summed E-state index contributed by atoms with van der Waals surface area (Å²) >= 11 is 12.2. The molecule has 1 aliphatic rings. The first kappa shape index (κ1) is 20.3. The highest BCUT2D eigenvalue weighted by atomic mass is 35.5. The second kappa shape index (κ2) is 8.42. The summed E-state index contributed by atoms with van der Waals surface area (Å²) in [6, 6.07) is 16.2. The molecule has 0 unspecified atom stereocenters. The van der Waals surface area contributed by atoms with E-state index in [1.807, 2.05) is 31.2 Å². The maximum atomic E-state index is 12.8. The summed E-state index contributed by atoms with van der Waals surface area (Å²) in [6.45, 7) is 2.24. The summed E-state index contributed by atoms with van der Waals surface area (Å²) in [4.78, 5) is 12.8. The van der Waals surface area contributed by atoms with Gasteiger partial charge in [0.25, 0.3) is 0 Å². The second-order valence-electron chi connectivity index (χ2n) is 6.81. The van der Waals surface area contributed by atoms with Crippen LogP contribution in [0, 0.1) is 6.92 Å². The summed E-state index contributed by atoms with van der Waals surface area (Å²) in [5.74, 6) is 1.93. The maximum Gasteiger partial charge on any atom is 0.231 e. The number of Topliss-reactive ketones (excluding diaryl/α,β-unsaturated/α-hetero) is 1. The van der Waals surface area contributed by atoms with Crippen LogP contribution in [0.1, 0.15) is 27.0 Å². The zero-order chi connectivity index (χ0) is 21.3. The first-order chi connectivity index (χ1) is 14.5. The summed E-state index contributed by atoms with van der Waals surface area (Å²) in [5.41, 5.74) is 2.89. The van der Waals surface area contributed by atoms with Gasteiger partial charge in [-0.3, -0.25) is 4.79 Å². The van der Waals surface area contributed by atoms with E-state index in [1.54, 1.807) is 43.5 Å². The van der Waals surface area contributed by atoms with Crippen LogP contribution < -0.4 is 14.2 Å². The third-order valence-corrected chi connectivity index (χ3v) is 5.38. The Morgan fingerprint density at radius 1 is 1.07 bits per heavy atom. The van der Waals surface area contributed by atoms with Crippen LogP contribution in [0.15, 0.2) is 60.4 Å². The van der Waals surface area contributed by atoms with Gasteiger partial charge < -0.3 is 14.2 Å². The predicted octanol–water partition coefficient (Wildman–Crippen LogP) is 6.51. The van der Waals surface area contributed by atoms with Crippen molar-refractivity contribution in [1.82, 2.24) is 0 Å². The van der Waals surface area contributed by atoms with E-state index in [4.69, 9.17) is 37.4 Å². The molecule has 4 nitrogen and oxygen atoms in total. The van der Waals surface area contributed by atoms with E-state index in [2.05, 4.69) is 0 Å². The number of halogens is 2. The zero-order valence-corrected chi connectivity index (χ0v) is 17.9. The van der Waals surface area contributed by atoms with Crippen LogP contribution in [0.5, 0.6) is 17.2 Å². The molecule has 1 aliphatic heterocycles. The third kappa shape index (κ3) is 4.02. The van der Waals surface area contributed by atoms with Crippen molar-refractivity contribution in [2.75, 3.05) is 7.11 Å². The topological polar surface area (TPSA) is 44.8 Å². The van der Waals surface area contributed by atoms with Crippen molar-refractivity contribution >= 4 is 35.1 Å². The molecule has 0 atom stereocenters. The van der Waals surface area contributed by atoms with Gasteiger partial charge in [0.05, 0.1) is 12.7 Å². The highest BCUT2D eigenvalue weighted by Crippen LogP contribution is 2.40. The van der Waals surface area contributed by atoms with Gasteiger partial charge in [-0.2, -0.15) is 0 Å². The normalized spacial score (nSPS) is 13.9. The fraction of sp³-hybridized carbons (Fsp3) is 0.125. The summed E-state index contributed by atoms with van der Waals surface area (Å²) in [7, 11) is 1.63. The quantitative estimate of drug-likeness (QED) is 0.424. The minimum atomic E-state index is -0.196. The molecule has 4 rings (SSSR count). The number of allylic oxidation sites excluding steroid dienone is 1. The fourth-order valence-corrected chi connectivity index (χ4v) is 3.67. The molecule has 0 amide bonds. The van der Waals surface area contributed by atoms with Gasteiger partial charge >= 0.3 is 0 Å². The molecule has 152 valence electrons. The van der Waals surface area contributed by atoms with Crippen molar-refractivity contribution in [3.05, 3.63) is 92.7 Å². The van der Waals surface area contributed by atoms with Gasteiger partial charge in [0.2, 0.25) is 5.78 Å². The molecule has 0 aromatic heterocycles. The van der Waals surface area contributed by atoms with Crippen molar-refractivity contribution in [3.8, 4) is 17.2 Å². The Morgan fingerprint density at radius 2 is 1.90 bits per heavy atom. The number of ether oxygens (including phenoxy) is 3. The van der Waals surface area contributed by atoms with Crippen LogP contribution in [0.3, 0.4) is 0 Å². The minimum Gasteiger partial charge on any atom is -0.497 e. The van der Waals surface area contributed by atoms with Gasteiger partial charge in [-0.15, -0.1) is 0 Å². The summed E-state index contributed by atoms with van der Waals surface area (Å²) in [5, 5.41) is 0.971. The molecule has 0 spiro atoms. The van der Waals surface area contributed by atoms with E-state index in [1.165, 1.54) is 0 Å². The molecule has 3 aromatic rings. The van der Waals surface area contributed by atoms with Crippen molar-refractivity contribution < 1.29 is 19.0 Å². The van der Waals surface area contributed by atoms with Crippen LogP contribution in [0.2, 0.25) is 10.0 Å². The largest absolute Gasteiger partial charge is 0.497 e. The van der Waals surface area contributed by atoms with E-state index in [0.29, 0.717) is 39.3 Å². The fourth-order valence-electron chi connectivity index (χ4n) is 3.21. The minimum absolute atomic E-state index is 0.196. The lowest BCUT2D eigenvalue weighted by atomic mass is 10.1. The smallest absolute Gasteiger partial charge is 0.231 e. The van der Waals surface area contributed by atoms with Gasteiger partial charge in [0, 0.05) is 15.6 Å². The highest BCUT2D eigenvalue weighted by Gasteiger charge is 2.30. The van der Waals surface area contributed by atoms with Crippen LogP contribution in [-0.4, -0.2) is 12.9 Å². The third-order valence-electron chi connectivity index (χ3n) is 4.81. The SMILES string of the molecule is COc1cccc(COc2ccc3c(c2C)O/C(=C\c2ccc(Cl)cc2Cl)C3=O)c1. The molecule has 6 heteroatoms. The number of carbonyl (C=O) groups excluding carboxylic acids is 1. The van der Waals surface area contributed by atoms with Crippen molar-refractivity contribution in [2.45, 2.75) is 13.5 Å². The number of fused-ring (bicyclic) bond motifs is 1. The number of methoxy groups -OCH3 is 1. The monoisotopic (exact) mass is 440 g/mol. The Labute approximate surface area is 184 Å². The molecule has 30 heavy (non-hydrogen) atoms. The van der Waals surface area contributed by atoms with E-state index in [9.17, 15) is 4.79 Å². The van der Waals surface area contributed by atoms with Crippen LogP contribution >= 0.6 is 23.2 Å². The average Bonchev–Trinajstić information content (AvgIpc) is 3.06. The van der Waals surface area contributed by atoms with Gasteiger partial charge in [-0.25, -0.2) is 0 Å². The number of ketones is 1. The van der Waals surface area contributed by atoms with E-state index in [-0.39, 0.29) is 11.5 Å². The van der Waals surface area contributed by atoms with Gasteiger partial charge in [-0.1, -0.05) is 41.4 Å². The molecule has 0 saturated carbocycles. The second-order valence-corrected chi connectivity index (χ2v) is 7.65. The van der Waals surface area contributed by atoms with Crippen LogP contribution in [0.4, 0.5) is 0 Å². The Kier molecular flexibility index (Phi) is 5.71. The molecule has 1 heterocycles. The zero-order valence-electron chi connectivity index (χ0n) is 16.4. The Morgan fingerprint density at radius 3 is 2.67 bits per heavy atom. The first-order valence-corrected chi connectivity index (χ1v) is 10.0. The van der Waals surface area contributed by atoms with Crippen molar-refractivity contribution in [2.24, 2.45) is 0 Å². The van der Waals surface area contributed by atoms with E-state index >= 15 is 0 Å². The molecular weight excluding hydrogens is 423 g/mol. The van der Waals surface area contributed by atoms with Crippen molar-refractivity contribution in [1.29, 1.82) is 0 Å². The summed E-state index contributed by atoms with van der Waals surface area (Å²) in [6.07, 6.45) is 1.62. The van der Waals surface area contributed by atoms with E-state index < -0.39 is 0 Å². The lowest BCUT2D eigenvalue weighted by molar-refractivity contribution is 0.101. The molecule has 0 N–H and O–H groups in total. The maximum absolute atomic E-state index is 12.8. The average molecular weight is 441 g/mol. The van der Waals surface area contributed by atoms with Gasteiger partial charge in [0.1, 0.15) is 23.9 Å². The Hall–Kier alpha value is -2.95. The van der Waals surface area contributed by atoms with Gasteiger partial charge in [-0.05, 0) is 60.5 Å². The standard InChI is InChI=1S/C24H18Cl2O4/c1-14-21(29-13-15-4-3-5-18(10-15)28-2)9-8-19-23(27)22(30-24(14)19)11-16-6-7-17(25)12-20(16)26/h3-12H,13H2,1-2H3/b22-11-. The number of hydrogen-bond acceptors (Lipinski definition) is 4. The lowest BCUT2D eigenvalue weighted by Gasteiger charge is -2.12. The van der Waals surface area contributed by atoms with E-state index in [0.717, 1.165) is 16.9 Å². The molecule has 0 aliphatic carbocycles. The molecule has 0 radical (unpaired) electrons. The van der Waals surface area contributed by atoms with Crippen LogP contribution in [-0.2, 0) is 6.61 Å². The summed E-state index contributed by atoms with van der Waals surface area (Å²) < 4.78 is 17.1. The number of hydrogen-bond donors (Lipinski definition) is 0. The predicted molar refractivity (Wildman–Crippen MR) is 118 cm³/mol. The highest BCUT2D eigenvalue weighted by molar-refractivity contribution is 6.35. The Bertz CT molecular complexity index is 1170. The molecule has 0 saturated heterocycles.